The molecule has 0 spiro atoms. The van der Waals surface area contributed by atoms with Crippen LogP contribution in [0.4, 0.5) is 0 Å². The molecule has 4 heteroatoms. The van der Waals surface area contributed by atoms with Gasteiger partial charge < -0.3 is 0 Å². The van der Waals surface area contributed by atoms with Gasteiger partial charge in [-0.25, -0.2) is 0 Å². The van der Waals surface area contributed by atoms with Crippen molar-refractivity contribution >= 4 is 74.7 Å². The summed E-state index contributed by atoms with van der Waals surface area (Å²) in [5.41, 5.74) is 0. The summed E-state index contributed by atoms with van der Waals surface area (Å²) < 4.78 is 7.14. The van der Waals surface area contributed by atoms with Crippen LogP contribution in [0.25, 0.3) is 0 Å². The molecule has 0 fully saturated rings. The van der Waals surface area contributed by atoms with E-state index in [1.807, 2.05) is 0 Å². The molecule has 0 bridgehead atoms. The van der Waals surface area contributed by atoms with Crippen molar-refractivity contribution in [3.8, 4) is 0 Å². The summed E-state index contributed by atoms with van der Waals surface area (Å²) in [5, 5.41) is 0. The van der Waals surface area contributed by atoms with E-state index >= 15 is 0 Å². The third kappa shape index (κ3) is 21.1. The first-order valence-electron chi connectivity index (χ1n) is 0.789. The monoisotopic (exact) mass is 579 g/mol. The Kier molecular flexibility index (Phi) is 50.2. The van der Waals surface area contributed by atoms with Gasteiger partial charge in [-0.2, -0.15) is 0 Å². The predicted molar refractivity (Wildman–Crippen MR) is 41.2 cm³/mol. The van der Waals surface area contributed by atoms with Gasteiger partial charge >= 0.3 is 58.8 Å². The van der Waals surface area contributed by atoms with Crippen LogP contribution in [-0.2, 0) is 0 Å². The van der Waals surface area contributed by atoms with E-state index in [2.05, 4.69) is 4.48 Å². The van der Waals surface area contributed by atoms with Crippen LogP contribution in [0.5, 0.6) is 0 Å². The fraction of sp³-hybridized carbons (Fsp3) is 1.00. The SMILES string of the molecule is I.[BiH3].[CH3][Pb][NH2]. The standard InChI is InChI=1S/CH3.Bi.HI.H2N.Pb.3H/h1H3;;1H;1H2;;;;/q;;;-1;+1;;;. The molecule has 0 aromatic rings. The van der Waals surface area contributed by atoms with Crippen LogP contribution in [-0.4, -0.2) is 50.7 Å². The van der Waals surface area contributed by atoms with E-state index in [-0.39, 0.29) is 50.2 Å². The molecule has 2 N–H and O–H groups in total. The summed E-state index contributed by atoms with van der Waals surface area (Å²) in [4.78, 5) is 0. The molecule has 1 nitrogen and oxygen atoms in total. The van der Waals surface area contributed by atoms with Crippen LogP contribution in [0.2, 0.25) is 4.48 Å². The minimum absolute atomic E-state index is 0. The molecule has 0 saturated carbocycles. The third-order valence-electron chi connectivity index (χ3n) is 0. The van der Waals surface area contributed by atoms with Gasteiger partial charge in [0.1, 0.15) is 0 Å². The van der Waals surface area contributed by atoms with Gasteiger partial charge in [0.2, 0.25) is 0 Å². The Morgan fingerprint density at radius 3 is 1.60 bits per heavy atom. The first kappa shape index (κ1) is 15.6. The Bertz CT molecular complexity index is 11.6. The molecule has 0 aliphatic rings. The molecule has 0 atom stereocenters. The summed E-state index contributed by atoms with van der Waals surface area (Å²) in [6.45, 7) is 0. The maximum absolute atomic E-state index is 5.04. The van der Waals surface area contributed by atoms with Gasteiger partial charge in [0.05, 0.1) is 0 Å². The molecule has 0 unspecified atom stereocenters. The van der Waals surface area contributed by atoms with Crippen LogP contribution in [0.15, 0.2) is 0 Å². The number of hydrogen-bond donors (Lipinski definition) is 1. The molecule has 0 rings (SSSR count). The summed E-state index contributed by atoms with van der Waals surface area (Å²) in [7, 11) is 0. The normalized spacial score (nSPS) is 3.60. The zero-order valence-corrected chi connectivity index (χ0v) is 14.9. The van der Waals surface area contributed by atoms with E-state index in [1.54, 1.807) is 0 Å². The Morgan fingerprint density at radius 1 is 1.60 bits per heavy atom. The van der Waals surface area contributed by atoms with Crippen LogP contribution in [0, 0.1) is 0 Å². The van der Waals surface area contributed by atoms with Crippen molar-refractivity contribution in [2.24, 2.45) is 3.54 Å². The molecule has 0 aliphatic heterocycles. The van der Waals surface area contributed by atoms with E-state index in [4.69, 9.17) is 3.54 Å². The van der Waals surface area contributed by atoms with Crippen molar-refractivity contribution in [2.45, 2.75) is 4.48 Å². The molecule has 34 valence electrons. The van der Waals surface area contributed by atoms with Crippen molar-refractivity contribution in [3.63, 3.8) is 0 Å². The van der Waals surface area contributed by atoms with Gasteiger partial charge in [-0.05, 0) is 0 Å². The molecule has 0 aromatic heterocycles. The van der Waals surface area contributed by atoms with Crippen molar-refractivity contribution < 1.29 is 0 Å². The van der Waals surface area contributed by atoms with E-state index < -0.39 is 24.5 Å². The number of hydrogen-bond acceptors (Lipinski definition) is 1. The summed E-state index contributed by atoms with van der Waals surface area (Å²) in [5.74, 6) is 0. The van der Waals surface area contributed by atoms with Gasteiger partial charge in [0.15, 0.2) is 0 Å². The molecular formula is CH9BiINPb. The Balaban J connectivity index is -0.0000000200. The molecule has 0 saturated heterocycles. The average molecular weight is 578 g/mol. The molecule has 5 heavy (non-hydrogen) atoms. The second-order valence-electron chi connectivity index (χ2n) is 0.289. The first-order chi connectivity index (χ1) is 1.41. The number of nitrogens with two attached hydrogens (primary N) is 1. The Morgan fingerprint density at radius 2 is 1.60 bits per heavy atom. The predicted octanol–water partition coefficient (Wildman–Crippen LogP) is -0.954. The van der Waals surface area contributed by atoms with Crippen molar-refractivity contribution in [2.75, 3.05) is 0 Å². The molecule has 0 amide bonds. The van der Waals surface area contributed by atoms with Crippen molar-refractivity contribution in [1.29, 1.82) is 0 Å². The maximum atomic E-state index is 5.04. The van der Waals surface area contributed by atoms with E-state index in [1.165, 1.54) is 0 Å². The van der Waals surface area contributed by atoms with Gasteiger partial charge in [-0.1, -0.05) is 0 Å². The van der Waals surface area contributed by atoms with Crippen LogP contribution in [0.1, 0.15) is 0 Å². The Labute approximate surface area is 81.2 Å². The average Bonchev–Trinajstić information content (AvgIpc) is 0.918. The van der Waals surface area contributed by atoms with Crippen LogP contribution in [0.3, 0.4) is 0 Å². The topological polar surface area (TPSA) is 26.0 Å². The third-order valence-corrected chi connectivity index (χ3v) is 0. The van der Waals surface area contributed by atoms with Gasteiger partial charge in [-0.15, -0.1) is 24.0 Å². The van der Waals surface area contributed by atoms with Gasteiger partial charge in [-0.3, -0.25) is 0 Å². The van der Waals surface area contributed by atoms with E-state index in [0.717, 1.165) is 0 Å². The molecular weight excluding hydrogens is 569 g/mol. The minimum atomic E-state index is -0.417. The fourth-order valence-electron chi connectivity index (χ4n) is 0. The van der Waals surface area contributed by atoms with Gasteiger partial charge in [0.25, 0.3) is 0 Å². The van der Waals surface area contributed by atoms with Crippen LogP contribution < -0.4 is 3.54 Å². The van der Waals surface area contributed by atoms with Crippen molar-refractivity contribution in [3.05, 3.63) is 0 Å². The molecule has 0 heterocycles. The molecule has 2 radical (unpaired) electrons. The second-order valence-corrected chi connectivity index (χ2v) is 2.53. The summed E-state index contributed by atoms with van der Waals surface area (Å²) in [6, 6.07) is 0. The first-order valence-corrected chi connectivity index (χ1v) is 6.92. The zero-order valence-electron chi connectivity index (χ0n) is 3.19. The summed E-state index contributed by atoms with van der Waals surface area (Å²) in [6.07, 6.45) is 0. The van der Waals surface area contributed by atoms with Crippen molar-refractivity contribution in [1.82, 2.24) is 0 Å². The van der Waals surface area contributed by atoms with E-state index in [0.29, 0.717) is 0 Å². The van der Waals surface area contributed by atoms with E-state index in [9.17, 15) is 0 Å². The van der Waals surface area contributed by atoms with Crippen LogP contribution >= 0.6 is 24.0 Å². The second kappa shape index (κ2) is 16.1. The quantitative estimate of drug-likeness (QED) is 0.292. The Hall–Kier alpha value is 2.50. The fourth-order valence-corrected chi connectivity index (χ4v) is 0. The van der Waals surface area contributed by atoms with Gasteiger partial charge in [0, 0.05) is 0 Å². The number of halogens is 1. The number of rotatable bonds is 0. The zero-order chi connectivity index (χ0) is 2.71. The molecule has 0 aliphatic carbocycles. The summed E-state index contributed by atoms with van der Waals surface area (Å²) >= 11 is -0.417. The molecule has 0 aromatic carbocycles.